The number of amides is 1. The Hall–Kier alpha value is -1.48. The summed E-state index contributed by atoms with van der Waals surface area (Å²) in [6.45, 7) is 3.46. The van der Waals surface area contributed by atoms with Crippen LogP contribution in [0.5, 0.6) is 0 Å². The van der Waals surface area contributed by atoms with Gasteiger partial charge in [0.05, 0.1) is 15.6 Å². The molecule has 0 aliphatic heterocycles. The van der Waals surface area contributed by atoms with Gasteiger partial charge in [-0.2, -0.15) is 0 Å². The summed E-state index contributed by atoms with van der Waals surface area (Å²) < 4.78 is 24.0. The Morgan fingerprint density at radius 1 is 1.24 bits per heavy atom. The van der Waals surface area contributed by atoms with Crippen molar-refractivity contribution in [1.29, 1.82) is 0 Å². The number of hydrogen-bond acceptors (Lipinski definition) is 5. The summed E-state index contributed by atoms with van der Waals surface area (Å²) >= 11 is 6.89. The van der Waals surface area contributed by atoms with Gasteiger partial charge in [-0.1, -0.05) is 11.6 Å². The molecular weight excluding hydrogens is 334 g/mol. The zero-order valence-corrected chi connectivity index (χ0v) is 13.6. The van der Waals surface area contributed by atoms with Crippen LogP contribution in [-0.2, 0) is 10.0 Å². The molecule has 112 valence electrons. The van der Waals surface area contributed by atoms with Crippen molar-refractivity contribution in [3.8, 4) is 0 Å². The summed E-state index contributed by atoms with van der Waals surface area (Å²) in [6.07, 6.45) is 0. The number of carbonyl (C=O) groups excluding carboxylic acids is 1. The van der Waals surface area contributed by atoms with Crippen molar-refractivity contribution in [2.24, 2.45) is 0 Å². The van der Waals surface area contributed by atoms with Crippen LogP contribution in [0.4, 0.5) is 0 Å². The third-order valence-electron chi connectivity index (χ3n) is 2.53. The number of aryl methyl sites for hydroxylation is 2. The molecule has 0 saturated carbocycles. The molecule has 1 amide bonds. The molecule has 1 aromatic heterocycles. The Morgan fingerprint density at radius 2 is 1.86 bits per heavy atom. The van der Waals surface area contributed by atoms with Crippen molar-refractivity contribution in [1.82, 2.24) is 15.2 Å². The zero-order chi connectivity index (χ0) is 15.6. The van der Waals surface area contributed by atoms with E-state index in [0.717, 1.165) is 5.01 Å². The van der Waals surface area contributed by atoms with Crippen molar-refractivity contribution in [2.75, 3.05) is 0 Å². The second-order valence-corrected chi connectivity index (χ2v) is 7.48. The lowest BCUT2D eigenvalue weighted by Crippen LogP contribution is -2.41. The number of aromatic nitrogens is 1. The van der Waals surface area contributed by atoms with Crippen molar-refractivity contribution < 1.29 is 13.2 Å². The molecule has 0 radical (unpaired) electrons. The minimum atomic E-state index is -3.84. The van der Waals surface area contributed by atoms with Gasteiger partial charge in [0.1, 0.15) is 4.88 Å². The number of halogens is 1. The van der Waals surface area contributed by atoms with Crippen molar-refractivity contribution in [2.45, 2.75) is 18.7 Å². The zero-order valence-electron chi connectivity index (χ0n) is 11.2. The number of nitrogens with one attached hydrogen (secondary N) is 2. The predicted octanol–water partition coefficient (Wildman–Crippen LogP) is 2.04. The molecule has 21 heavy (non-hydrogen) atoms. The third-order valence-corrected chi connectivity index (χ3v) is 5.12. The molecule has 2 aromatic rings. The van der Waals surface area contributed by atoms with Crippen molar-refractivity contribution in [3.63, 3.8) is 0 Å². The van der Waals surface area contributed by atoms with Gasteiger partial charge in [0.15, 0.2) is 0 Å². The van der Waals surface area contributed by atoms with E-state index in [0.29, 0.717) is 15.6 Å². The fourth-order valence-corrected chi connectivity index (χ4v) is 3.37. The SMILES string of the molecule is Cc1nc(C)c(C(=O)NNS(=O)(=O)c2ccc(Cl)cc2)s1. The third kappa shape index (κ3) is 3.79. The van der Waals surface area contributed by atoms with Crippen molar-refractivity contribution >= 4 is 38.9 Å². The van der Waals surface area contributed by atoms with E-state index in [-0.39, 0.29) is 4.90 Å². The maximum atomic E-state index is 12.0. The standard InChI is InChI=1S/C12H12ClN3O3S2/c1-7-11(20-8(2)14-7)12(17)15-16-21(18,19)10-5-3-9(13)4-6-10/h3-6,16H,1-2H3,(H,15,17). The number of benzene rings is 1. The Morgan fingerprint density at radius 3 is 2.38 bits per heavy atom. The maximum absolute atomic E-state index is 12.0. The van der Waals surface area contributed by atoms with Gasteiger partial charge in [0.2, 0.25) is 0 Å². The largest absolute Gasteiger partial charge is 0.278 e. The Balaban J connectivity index is 2.10. The highest BCUT2D eigenvalue weighted by molar-refractivity contribution is 7.89. The average molecular weight is 346 g/mol. The fraction of sp³-hybridized carbons (Fsp3) is 0.167. The minimum Gasteiger partial charge on any atom is -0.273 e. The van der Waals surface area contributed by atoms with Crippen LogP contribution in [0.2, 0.25) is 5.02 Å². The van der Waals surface area contributed by atoms with Gasteiger partial charge < -0.3 is 0 Å². The second-order valence-electron chi connectivity index (χ2n) is 4.16. The number of nitrogens with zero attached hydrogens (tertiary/aromatic N) is 1. The van der Waals surface area contributed by atoms with Crippen LogP contribution in [0.3, 0.4) is 0 Å². The molecule has 0 atom stereocenters. The Labute approximate surface area is 131 Å². The number of rotatable bonds is 4. The molecular formula is C12H12ClN3O3S2. The van der Waals surface area contributed by atoms with E-state index in [4.69, 9.17) is 11.6 Å². The number of hydrogen-bond donors (Lipinski definition) is 2. The van der Waals surface area contributed by atoms with E-state index in [1.54, 1.807) is 13.8 Å². The highest BCUT2D eigenvalue weighted by Crippen LogP contribution is 2.17. The topological polar surface area (TPSA) is 88.2 Å². The van der Waals surface area contributed by atoms with E-state index in [1.807, 2.05) is 4.83 Å². The van der Waals surface area contributed by atoms with E-state index in [1.165, 1.54) is 35.6 Å². The minimum absolute atomic E-state index is 0.00408. The van der Waals surface area contributed by atoms with E-state index < -0.39 is 15.9 Å². The van der Waals surface area contributed by atoms with Gasteiger partial charge in [-0.25, -0.2) is 13.4 Å². The summed E-state index contributed by atoms with van der Waals surface area (Å²) in [5, 5.41) is 1.16. The Bertz CT molecular complexity index is 770. The normalized spacial score (nSPS) is 11.4. The van der Waals surface area contributed by atoms with Gasteiger partial charge in [-0.05, 0) is 38.1 Å². The van der Waals surface area contributed by atoms with Crippen LogP contribution in [0.15, 0.2) is 29.2 Å². The first kappa shape index (κ1) is 15.9. The fourth-order valence-electron chi connectivity index (χ4n) is 1.58. The van der Waals surface area contributed by atoms with Crippen LogP contribution in [0.25, 0.3) is 0 Å². The Kier molecular flexibility index (Phi) is 4.62. The first-order valence-electron chi connectivity index (χ1n) is 5.81. The van der Waals surface area contributed by atoms with E-state index in [9.17, 15) is 13.2 Å². The highest BCUT2D eigenvalue weighted by atomic mass is 35.5. The molecule has 0 fully saturated rings. The number of sulfonamides is 1. The molecule has 0 aliphatic rings. The van der Waals surface area contributed by atoms with Crippen LogP contribution >= 0.6 is 22.9 Å². The molecule has 1 heterocycles. The lowest BCUT2D eigenvalue weighted by atomic mass is 10.4. The first-order chi connectivity index (χ1) is 9.79. The molecule has 6 nitrogen and oxygen atoms in total. The molecule has 0 aliphatic carbocycles. The van der Waals surface area contributed by atoms with Gasteiger partial charge >= 0.3 is 0 Å². The number of carbonyl (C=O) groups is 1. The molecule has 2 N–H and O–H groups in total. The van der Waals surface area contributed by atoms with Gasteiger partial charge in [-0.3, -0.25) is 10.2 Å². The van der Waals surface area contributed by atoms with Crippen LogP contribution in [0, 0.1) is 13.8 Å². The molecule has 0 unspecified atom stereocenters. The highest BCUT2D eigenvalue weighted by Gasteiger charge is 2.18. The second kappa shape index (κ2) is 6.10. The molecule has 0 spiro atoms. The summed E-state index contributed by atoms with van der Waals surface area (Å²) in [5.41, 5.74) is 2.72. The summed E-state index contributed by atoms with van der Waals surface area (Å²) in [7, 11) is -3.84. The quantitative estimate of drug-likeness (QED) is 0.830. The first-order valence-corrected chi connectivity index (χ1v) is 8.49. The number of hydrazine groups is 1. The summed E-state index contributed by atoms with van der Waals surface area (Å²) in [6, 6.07) is 5.60. The van der Waals surface area contributed by atoms with E-state index in [2.05, 4.69) is 10.4 Å². The van der Waals surface area contributed by atoms with Crippen LogP contribution < -0.4 is 10.3 Å². The average Bonchev–Trinajstić information content (AvgIpc) is 2.76. The van der Waals surface area contributed by atoms with Crippen molar-refractivity contribution in [3.05, 3.63) is 44.9 Å². The molecule has 0 saturated heterocycles. The summed E-state index contributed by atoms with van der Waals surface area (Å²) in [4.78, 5) is 18.4. The predicted molar refractivity (Wildman–Crippen MR) is 80.8 cm³/mol. The monoisotopic (exact) mass is 345 g/mol. The smallest absolute Gasteiger partial charge is 0.273 e. The number of thiazole rings is 1. The lowest BCUT2D eigenvalue weighted by Gasteiger charge is -2.07. The van der Waals surface area contributed by atoms with Crippen LogP contribution in [-0.4, -0.2) is 19.3 Å². The van der Waals surface area contributed by atoms with E-state index >= 15 is 0 Å². The van der Waals surface area contributed by atoms with Gasteiger partial charge in [0, 0.05) is 5.02 Å². The lowest BCUT2D eigenvalue weighted by molar-refractivity contribution is 0.0948. The molecule has 9 heteroatoms. The molecule has 1 aromatic carbocycles. The van der Waals surface area contributed by atoms with Gasteiger partial charge in [0.25, 0.3) is 15.9 Å². The summed E-state index contributed by atoms with van der Waals surface area (Å²) in [5.74, 6) is -0.546. The van der Waals surface area contributed by atoms with Crippen LogP contribution in [0.1, 0.15) is 20.4 Å². The van der Waals surface area contributed by atoms with Gasteiger partial charge in [-0.15, -0.1) is 16.2 Å². The molecule has 2 rings (SSSR count). The maximum Gasteiger partial charge on any atom is 0.278 e. The molecule has 0 bridgehead atoms.